The summed E-state index contributed by atoms with van der Waals surface area (Å²) < 4.78 is 6.87. The van der Waals surface area contributed by atoms with E-state index in [-0.39, 0.29) is 5.56 Å². The fourth-order valence-corrected chi connectivity index (χ4v) is 3.39. The number of nitrogens with one attached hydrogen (secondary N) is 1. The van der Waals surface area contributed by atoms with E-state index in [0.29, 0.717) is 23.6 Å². The highest BCUT2D eigenvalue weighted by Crippen LogP contribution is 2.25. The summed E-state index contributed by atoms with van der Waals surface area (Å²) in [7, 11) is 1.54. The van der Waals surface area contributed by atoms with E-state index in [1.807, 2.05) is 55.5 Å². The fourth-order valence-electron chi connectivity index (χ4n) is 3.39. The molecular formula is C24H21N3O3. The monoisotopic (exact) mass is 399 g/mol. The van der Waals surface area contributed by atoms with Crippen molar-refractivity contribution in [1.29, 1.82) is 0 Å². The molecule has 1 amide bonds. The molecule has 2 heterocycles. The van der Waals surface area contributed by atoms with Gasteiger partial charge in [0, 0.05) is 11.6 Å². The Hall–Kier alpha value is -3.93. The number of carbonyl (C=O) groups is 1. The van der Waals surface area contributed by atoms with Gasteiger partial charge in [0.15, 0.2) is 0 Å². The first kappa shape index (κ1) is 19.4. The lowest BCUT2D eigenvalue weighted by Gasteiger charge is -2.14. The molecule has 0 spiro atoms. The molecule has 4 aromatic rings. The predicted molar refractivity (Wildman–Crippen MR) is 117 cm³/mol. The van der Waals surface area contributed by atoms with Crippen LogP contribution in [0.3, 0.4) is 0 Å². The number of hydrogen-bond acceptors (Lipinski definition) is 4. The standard InChI is InChI=1S/C24H21N3O3/c1-16-10-11-21(30-2)20(13-16)26-23(28)19-14-18-9-6-12-25-22(18)27(24(19)29)15-17-7-4-3-5-8-17/h3-14H,15H2,1-2H3,(H,26,28). The second kappa shape index (κ2) is 8.21. The molecule has 1 N–H and O–H groups in total. The fraction of sp³-hybridized carbons (Fsp3) is 0.125. The van der Waals surface area contributed by atoms with E-state index in [9.17, 15) is 9.59 Å². The molecule has 6 nitrogen and oxygen atoms in total. The Kier molecular flexibility index (Phi) is 5.30. The van der Waals surface area contributed by atoms with Gasteiger partial charge < -0.3 is 10.1 Å². The minimum atomic E-state index is -0.489. The first-order valence-electron chi connectivity index (χ1n) is 9.55. The molecular weight excluding hydrogens is 378 g/mol. The van der Waals surface area contributed by atoms with Crippen LogP contribution in [0.4, 0.5) is 5.69 Å². The topological polar surface area (TPSA) is 73.2 Å². The van der Waals surface area contributed by atoms with Gasteiger partial charge in [0.2, 0.25) is 0 Å². The summed E-state index contributed by atoms with van der Waals surface area (Å²) in [6.07, 6.45) is 1.64. The molecule has 0 aliphatic rings. The van der Waals surface area contributed by atoms with Crippen LogP contribution in [-0.4, -0.2) is 22.6 Å². The van der Waals surface area contributed by atoms with Crippen LogP contribution in [0.1, 0.15) is 21.5 Å². The van der Waals surface area contributed by atoms with E-state index in [1.54, 1.807) is 24.4 Å². The van der Waals surface area contributed by atoms with E-state index < -0.39 is 11.5 Å². The Bertz CT molecular complexity index is 1280. The van der Waals surface area contributed by atoms with Gasteiger partial charge in [-0.05, 0) is 48.4 Å². The highest BCUT2D eigenvalue weighted by Gasteiger charge is 2.18. The van der Waals surface area contributed by atoms with Crippen LogP contribution in [-0.2, 0) is 6.54 Å². The predicted octanol–water partition coefficient (Wildman–Crippen LogP) is 4.01. The number of pyridine rings is 2. The first-order chi connectivity index (χ1) is 14.6. The molecule has 0 radical (unpaired) electrons. The van der Waals surface area contributed by atoms with Crippen molar-refractivity contribution in [1.82, 2.24) is 9.55 Å². The molecule has 2 aromatic carbocycles. The van der Waals surface area contributed by atoms with Crippen molar-refractivity contribution in [3.8, 4) is 5.75 Å². The van der Waals surface area contributed by atoms with Crippen molar-refractivity contribution in [3.63, 3.8) is 0 Å². The van der Waals surface area contributed by atoms with Gasteiger partial charge in [0.25, 0.3) is 11.5 Å². The van der Waals surface area contributed by atoms with E-state index in [2.05, 4.69) is 10.3 Å². The van der Waals surface area contributed by atoms with Crippen molar-refractivity contribution in [2.24, 2.45) is 0 Å². The Morgan fingerprint density at radius 3 is 2.63 bits per heavy atom. The van der Waals surface area contributed by atoms with E-state index >= 15 is 0 Å². The molecule has 0 aliphatic heterocycles. The summed E-state index contributed by atoms with van der Waals surface area (Å²) >= 11 is 0. The summed E-state index contributed by atoms with van der Waals surface area (Å²) in [5, 5.41) is 3.53. The molecule has 0 saturated heterocycles. The molecule has 0 saturated carbocycles. The molecule has 0 fully saturated rings. The first-order valence-corrected chi connectivity index (χ1v) is 9.55. The molecule has 4 rings (SSSR count). The number of benzene rings is 2. The highest BCUT2D eigenvalue weighted by molar-refractivity contribution is 6.06. The zero-order valence-corrected chi connectivity index (χ0v) is 16.8. The van der Waals surface area contributed by atoms with Crippen LogP contribution in [0, 0.1) is 6.92 Å². The molecule has 0 bridgehead atoms. The van der Waals surface area contributed by atoms with Gasteiger partial charge in [0.1, 0.15) is 17.0 Å². The molecule has 0 aliphatic carbocycles. The number of anilines is 1. The number of hydrogen-bond donors (Lipinski definition) is 1. The lowest BCUT2D eigenvalue weighted by Crippen LogP contribution is -2.30. The van der Waals surface area contributed by atoms with Crippen molar-refractivity contribution >= 4 is 22.6 Å². The third-order valence-electron chi connectivity index (χ3n) is 4.88. The smallest absolute Gasteiger partial charge is 0.265 e. The second-order valence-electron chi connectivity index (χ2n) is 7.01. The maximum Gasteiger partial charge on any atom is 0.265 e. The number of rotatable bonds is 5. The van der Waals surface area contributed by atoms with Crippen molar-refractivity contribution in [2.75, 3.05) is 12.4 Å². The lowest BCUT2D eigenvalue weighted by molar-refractivity contribution is 0.102. The maximum atomic E-state index is 13.3. The van der Waals surface area contributed by atoms with Crippen molar-refractivity contribution in [2.45, 2.75) is 13.5 Å². The Labute approximate surface area is 173 Å². The van der Waals surface area contributed by atoms with Crippen molar-refractivity contribution < 1.29 is 9.53 Å². The molecule has 30 heavy (non-hydrogen) atoms. The number of methoxy groups -OCH3 is 1. The van der Waals surface area contributed by atoms with Crippen LogP contribution < -0.4 is 15.6 Å². The van der Waals surface area contributed by atoms with Crippen LogP contribution >= 0.6 is 0 Å². The average molecular weight is 399 g/mol. The number of carbonyl (C=O) groups excluding carboxylic acids is 1. The number of nitrogens with zero attached hydrogens (tertiary/aromatic N) is 2. The SMILES string of the molecule is COc1ccc(C)cc1NC(=O)c1cc2cccnc2n(Cc2ccccc2)c1=O. The number of fused-ring (bicyclic) bond motifs is 1. The molecule has 0 atom stereocenters. The van der Waals surface area contributed by atoms with Gasteiger partial charge in [0.05, 0.1) is 19.3 Å². The molecule has 6 heteroatoms. The second-order valence-corrected chi connectivity index (χ2v) is 7.01. The summed E-state index contributed by atoms with van der Waals surface area (Å²) in [4.78, 5) is 30.7. The average Bonchev–Trinajstić information content (AvgIpc) is 2.76. The Morgan fingerprint density at radius 2 is 1.87 bits per heavy atom. The number of ether oxygens (including phenoxy) is 1. The molecule has 0 unspecified atom stereocenters. The zero-order valence-electron chi connectivity index (χ0n) is 16.8. The number of aromatic nitrogens is 2. The summed E-state index contributed by atoms with van der Waals surface area (Å²) in [6.45, 7) is 2.24. The highest BCUT2D eigenvalue weighted by atomic mass is 16.5. The van der Waals surface area contributed by atoms with Gasteiger partial charge in [-0.15, -0.1) is 0 Å². The Morgan fingerprint density at radius 1 is 1.07 bits per heavy atom. The summed E-state index contributed by atoms with van der Waals surface area (Å²) in [5.74, 6) is 0.0393. The summed E-state index contributed by atoms with van der Waals surface area (Å²) in [5.41, 5.74) is 2.63. The third kappa shape index (κ3) is 3.80. The van der Waals surface area contributed by atoms with E-state index in [0.717, 1.165) is 16.5 Å². The van der Waals surface area contributed by atoms with Gasteiger partial charge in [-0.25, -0.2) is 4.98 Å². The molecule has 2 aromatic heterocycles. The van der Waals surface area contributed by atoms with Gasteiger partial charge in [-0.2, -0.15) is 0 Å². The number of aryl methyl sites for hydroxylation is 1. The number of amides is 1. The minimum absolute atomic E-state index is 0.0509. The van der Waals surface area contributed by atoms with Crippen LogP contribution in [0.5, 0.6) is 5.75 Å². The third-order valence-corrected chi connectivity index (χ3v) is 4.88. The minimum Gasteiger partial charge on any atom is -0.495 e. The maximum absolute atomic E-state index is 13.3. The van der Waals surface area contributed by atoms with Crippen LogP contribution in [0.25, 0.3) is 11.0 Å². The van der Waals surface area contributed by atoms with Crippen molar-refractivity contribution in [3.05, 3.63) is 100.0 Å². The normalized spacial score (nSPS) is 10.7. The van der Waals surface area contributed by atoms with E-state index in [4.69, 9.17) is 4.74 Å². The zero-order chi connectivity index (χ0) is 21.1. The van der Waals surface area contributed by atoms with Crippen LogP contribution in [0.15, 0.2) is 77.7 Å². The lowest BCUT2D eigenvalue weighted by atomic mass is 10.1. The van der Waals surface area contributed by atoms with E-state index in [1.165, 1.54) is 11.7 Å². The van der Waals surface area contributed by atoms with Crippen LogP contribution in [0.2, 0.25) is 0 Å². The molecule has 150 valence electrons. The largest absolute Gasteiger partial charge is 0.495 e. The quantitative estimate of drug-likeness (QED) is 0.550. The van der Waals surface area contributed by atoms with Gasteiger partial charge in [-0.3, -0.25) is 14.2 Å². The van der Waals surface area contributed by atoms with Gasteiger partial charge >= 0.3 is 0 Å². The summed E-state index contributed by atoms with van der Waals surface area (Å²) in [6, 6.07) is 20.3. The van der Waals surface area contributed by atoms with Gasteiger partial charge in [-0.1, -0.05) is 36.4 Å². The Balaban J connectivity index is 1.80.